The van der Waals surface area contributed by atoms with Crippen LogP contribution in [-0.2, 0) is 9.05 Å². The molecule has 0 aliphatic carbocycles. The van der Waals surface area contributed by atoms with Crippen LogP contribution in [0.15, 0.2) is 29.3 Å². The highest BCUT2D eigenvalue weighted by Gasteiger charge is 2.20. The van der Waals surface area contributed by atoms with Crippen molar-refractivity contribution in [2.75, 3.05) is 7.11 Å². The molecule has 0 bridgehead atoms. The lowest BCUT2D eigenvalue weighted by Crippen LogP contribution is -1.99. The van der Waals surface area contributed by atoms with Gasteiger partial charge in [-0.2, -0.15) is 0 Å². The number of hydrogen-bond donors (Lipinski definition) is 0. The molecule has 1 aromatic heterocycles. The van der Waals surface area contributed by atoms with Crippen LogP contribution in [-0.4, -0.2) is 20.5 Å². The van der Waals surface area contributed by atoms with Crippen LogP contribution in [0.2, 0.25) is 0 Å². The number of hydrogen-bond acceptors (Lipinski definition) is 4. The van der Waals surface area contributed by atoms with Gasteiger partial charge in [0.25, 0.3) is 9.05 Å². The van der Waals surface area contributed by atoms with E-state index in [1.165, 1.54) is 13.3 Å². The maximum Gasteiger partial charge on any atom is 0.263 e. The molecule has 0 amide bonds. The number of pyridine rings is 1. The average Bonchev–Trinajstić information content (AvgIpc) is 2.25. The second-order valence-electron chi connectivity index (χ2n) is 3.56. The van der Waals surface area contributed by atoms with Gasteiger partial charge in [0.05, 0.1) is 12.6 Å². The number of ether oxygens (including phenoxy) is 1. The van der Waals surface area contributed by atoms with E-state index in [1.807, 2.05) is 0 Å². The van der Waals surface area contributed by atoms with E-state index in [4.69, 9.17) is 15.4 Å². The Kier molecular flexibility index (Phi) is 2.97. The van der Waals surface area contributed by atoms with Gasteiger partial charge in [0.2, 0.25) is 0 Å². The monoisotopic (exact) mass is 271 g/mol. The first-order chi connectivity index (χ1) is 7.95. The first kappa shape index (κ1) is 12.1. The highest BCUT2D eigenvalue weighted by molar-refractivity contribution is 8.14. The summed E-state index contributed by atoms with van der Waals surface area (Å²) in [5.41, 5.74) is 0.849. The number of benzene rings is 1. The Morgan fingerprint density at radius 1 is 1.41 bits per heavy atom. The number of methoxy groups -OCH3 is 1. The van der Waals surface area contributed by atoms with E-state index in [9.17, 15) is 8.42 Å². The van der Waals surface area contributed by atoms with Gasteiger partial charge in [-0.25, -0.2) is 8.42 Å². The van der Waals surface area contributed by atoms with Gasteiger partial charge >= 0.3 is 0 Å². The average molecular weight is 272 g/mol. The molecule has 0 spiro atoms. The number of aryl methyl sites for hydroxylation is 1. The topological polar surface area (TPSA) is 56.3 Å². The fourth-order valence-electron chi connectivity index (χ4n) is 1.79. The minimum atomic E-state index is -3.83. The van der Waals surface area contributed by atoms with Crippen molar-refractivity contribution < 1.29 is 13.2 Å². The molecule has 0 radical (unpaired) electrons. The van der Waals surface area contributed by atoms with Crippen molar-refractivity contribution in [2.45, 2.75) is 11.8 Å². The van der Waals surface area contributed by atoms with Gasteiger partial charge in [-0.1, -0.05) is 0 Å². The summed E-state index contributed by atoms with van der Waals surface area (Å²) in [7, 11) is 3.12. The minimum absolute atomic E-state index is 0.0376. The molecule has 90 valence electrons. The predicted octanol–water partition coefficient (Wildman–Crippen LogP) is 2.48. The summed E-state index contributed by atoms with van der Waals surface area (Å²) >= 11 is 0. The molecule has 4 nitrogen and oxygen atoms in total. The largest absolute Gasteiger partial charge is 0.496 e. The highest BCUT2D eigenvalue weighted by Crippen LogP contribution is 2.33. The smallest absolute Gasteiger partial charge is 0.263 e. The third kappa shape index (κ3) is 2.08. The summed E-state index contributed by atoms with van der Waals surface area (Å²) in [6, 6.07) is 5.09. The molecule has 0 fully saturated rings. The fourth-order valence-corrected chi connectivity index (χ4v) is 3.21. The molecule has 0 aliphatic rings. The van der Waals surface area contributed by atoms with Crippen LogP contribution in [0.5, 0.6) is 5.75 Å². The standard InChI is InChI=1S/C11H10ClNO3S/c1-7-6-9(16-2)8-4-3-5-13-10(8)11(7)17(12,14)15/h3-6H,1-2H3. The molecular weight excluding hydrogens is 262 g/mol. The second kappa shape index (κ2) is 4.16. The molecule has 1 aromatic carbocycles. The molecule has 17 heavy (non-hydrogen) atoms. The van der Waals surface area contributed by atoms with Crippen LogP contribution in [0.1, 0.15) is 5.56 Å². The highest BCUT2D eigenvalue weighted by atomic mass is 35.7. The van der Waals surface area contributed by atoms with Gasteiger partial charge in [-0.3, -0.25) is 4.98 Å². The van der Waals surface area contributed by atoms with E-state index in [1.54, 1.807) is 25.1 Å². The zero-order valence-corrected chi connectivity index (χ0v) is 10.8. The third-order valence-electron chi connectivity index (χ3n) is 2.46. The van der Waals surface area contributed by atoms with Crippen LogP contribution >= 0.6 is 10.7 Å². The zero-order valence-electron chi connectivity index (χ0n) is 9.27. The summed E-state index contributed by atoms with van der Waals surface area (Å²) in [6.45, 7) is 1.66. The lowest BCUT2D eigenvalue weighted by molar-refractivity contribution is 0.419. The summed E-state index contributed by atoms with van der Waals surface area (Å²) in [5, 5.41) is 0.625. The van der Waals surface area contributed by atoms with Crippen molar-refractivity contribution in [1.29, 1.82) is 0 Å². The van der Waals surface area contributed by atoms with E-state index < -0.39 is 9.05 Å². The first-order valence-electron chi connectivity index (χ1n) is 4.82. The zero-order chi connectivity index (χ0) is 12.6. The van der Waals surface area contributed by atoms with Crippen molar-refractivity contribution in [1.82, 2.24) is 4.98 Å². The summed E-state index contributed by atoms with van der Waals surface area (Å²) < 4.78 is 28.3. The summed E-state index contributed by atoms with van der Waals surface area (Å²) in [6.07, 6.45) is 1.52. The molecule has 2 aromatic rings. The molecule has 6 heteroatoms. The van der Waals surface area contributed by atoms with Crippen molar-refractivity contribution in [3.63, 3.8) is 0 Å². The summed E-state index contributed by atoms with van der Waals surface area (Å²) in [4.78, 5) is 4.11. The quantitative estimate of drug-likeness (QED) is 0.788. The Hall–Kier alpha value is -1.33. The summed E-state index contributed by atoms with van der Waals surface area (Å²) in [5.74, 6) is 0.578. The Morgan fingerprint density at radius 2 is 2.12 bits per heavy atom. The lowest BCUT2D eigenvalue weighted by atomic mass is 10.1. The second-order valence-corrected chi connectivity index (χ2v) is 6.07. The molecule has 0 atom stereocenters. The number of nitrogens with zero attached hydrogens (tertiary/aromatic N) is 1. The molecule has 0 aliphatic heterocycles. The van der Waals surface area contributed by atoms with E-state index in [0.717, 1.165) is 0 Å². The molecule has 1 heterocycles. The van der Waals surface area contributed by atoms with Gasteiger partial charge in [0.15, 0.2) is 0 Å². The van der Waals surface area contributed by atoms with Crippen molar-refractivity contribution in [3.8, 4) is 5.75 Å². The van der Waals surface area contributed by atoms with Crippen LogP contribution in [0.25, 0.3) is 10.9 Å². The van der Waals surface area contributed by atoms with E-state index >= 15 is 0 Å². The number of rotatable bonds is 2. The van der Waals surface area contributed by atoms with Crippen LogP contribution in [0.4, 0.5) is 0 Å². The third-order valence-corrected chi connectivity index (χ3v) is 3.92. The Morgan fingerprint density at radius 3 is 2.71 bits per heavy atom. The maximum absolute atomic E-state index is 11.6. The van der Waals surface area contributed by atoms with E-state index in [2.05, 4.69) is 4.98 Å². The van der Waals surface area contributed by atoms with E-state index in [-0.39, 0.29) is 4.90 Å². The molecule has 0 saturated carbocycles. The van der Waals surface area contributed by atoms with Gasteiger partial charge in [0.1, 0.15) is 10.6 Å². The van der Waals surface area contributed by atoms with Crippen molar-refractivity contribution in [2.24, 2.45) is 0 Å². The Balaban J connectivity index is 3.00. The number of fused-ring (bicyclic) bond motifs is 1. The van der Waals surface area contributed by atoms with Gasteiger partial charge in [-0.15, -0.1) is 0 Å². The number of halogens is 1. The van der Waals surface area contributed by atoms with Crippen LogP contribution in [0, 0.1) is 6.92 Å². The normalized spacial score (nSPS) is 11.7. The van der Waals surface area contributed by atoms with Gasteiger partial charge in [0, 0.05) is 22.3 Å². The lowest BCUT2D eigenvalue weighted by Gasteiger charge is -2.10. The Labute approximate surface area is 104 Å². The predicted molar refractivity (Wildman–Crippen MR) is 66.1 cm³/mol. The SMILES string of the molecule is COc1cc(C)c(S(=O)(=O)Cl)c2ncccc12. The van der Waals surface area contributed by atoms with Gasteiger partial charge in [-0.05, 0) is 30.7 Å². The van der Waals surface area contributed by atoms with Crippen molar-refractivity contribution >= 4 is 30.6 Å². The van der Waals surface area contributed by atoms with Gasteiger partial charge < -0.3 is 4.74 Å². The van der Waals surface area contributed by atoms with Crippen LogP contribution < -0.4 is 4.74 Å². The molecule has 2 rings (SSSR count). The van der Waals surface area contributed by atoms with Crippen LogP contribution in [0.3, 0.4) is 0 Å². The minimum Gasteiger partial charge on any atom is -0.496 e. The molecule has 0 N–H and O–H groups in total. The number of aromatic nitrogens is 1. The fraction of sp³-hybridized carbons (Fsp3) is 0.182. The maximum atomic E-state index is 11.6. The molecular formula is C11H10ClNO3S. The first-order valence-corrected chi connectivity index (χ1v) is 7.13. The Bertz CT molecular complexity index is 682. The van der Waals surface area contributed by atoms with Crippen molar-refractivity contribution in [3.05, 3.63) is 30.0 Å². The molecule has 0 saturated heterocycles. The van der Waals surface area contributed by atoms with E-state index in [0.29, 0.717) is 22.2 Å². The molecule has 0 unspecified atom stereocenters.